The summed E-state index contributed by atoms with van der Waals surface area (Å²) < 4.78 is 0. The van der Waals surface area contributed by atoms with Gasteiger partial charge in [0.25, 0.3) is 0 Å². The van der Waals surface area contributed by atoms with Gasteiger partial charge in [0.15, 0.2) is 0 Å². The van der Waals surface area contributed by atoms with E-state index in [9.17, 15) is 0 Å². The number of hydrogen-bond donors (Lipinski definition) is 1. The predicted molar refractivity (Wildman–Crippen MR) is 74.5 cm³/mol. The van der Waals surface area contributed by atoms with Crippen LogP contribution in [0.2, 0.25) is 5.02 Å². The molecule has 1 aliphatic carbocycles. The van der Waals surface area contributed by atoms with Gasteiger partial charge < -0.3 is 5.32 Å². The van der Waals surface area contributed by atoms with E-state index >= 15 is 0 Å². The molecule has 0 aliphatic heterocycles. The number of rotatable bonds is 6. The maximum absolute atomic E-state index is 6.04. The zero-order chi connectivity index (χ0) is 12.3. The van der Waals surface area contributed by atoms with Gasteiger partial charge in [0, 0.05) is 11.1 Å². The minimum atomic E-state index is 0.579. The topological polar surface area (TPSA) is 12.0 Å². The van der Waals surface area contributed by atoms with Gasteiger partial charge in [0.1, 0.15) is 0 Å². The molecule has 1 saturated carbocycles. The Morgan fingerprint density at radius 2 is 2.12 bits per heavy atom. The first-order valence-corrected chi connectivity index (χ1v) is 7.01. The molecule has 0 radical (unpaired) electrons. The van der Waals surface area contributed by atoms with Crippen molar-refractivity contribution in [3.05, 3.63) is 34.9 Å². The summed E-state index contributed by atoms with van der Waals surface area (Å²) in [6.07, 6.45) is 3.97. The predicted octanol–water partition coefficient (Wildman–Crippen LogP) is 3.91. The van der Waals surface area contributed by atoms with Gasteiger partial charge in [-0.25, -0.2) is 0 Å². The molecule has 94 valence electrons. The van der Waals surface area contributed by atoms with Gasteiger partial charge >= 0.3 is 0 Å². The SMILES string of the molecule is CC(C)NCC(Cc1cccc(Cl)c1)C1CC1. The lowest BCUT2D eigenvalue weighted by Gasteiger charge is -2.19. The first kappa shape index (κ1) is 12.9. The Kier molecular flexibility index (Phi) is 4.47. The van der Waals surface area contributed by atoms with E-state index in [0.29, 0.717) is 6.04 Å². The molecule has 2 heteroatoms. The first-order valence-electron chi connectivity index (χ1n) is 6.63. The van der Waals surface area contributed by atoms with Crippen molar-refractivity contribution in [2.24, 2.45) is 11.8 Å². The van der Waals surface area contributed by atoms with E-state index in [0.717, 1.165) is 29.8 Å². The van der Waals surface area contributed by atoms with Crippen molar-refractivity contribution in [2.45, 2.75) is 39.2 Å². The van der Waals surface area contributed by atoms with Crippen molar-refractivity contribution in [2.75, 3.05) is 6.54 Å². The minimum Gasteiger partial charge on any atom is -0.314 e. The average molecular weight is 252 g/mol. The molecule has 1 unspecified atom stereocenters. The van der Waals surface area contributed by atoms with Crippen LogP contribution < -0.4 is 5.32 Å². The number of benzene rings is 1. The Bertz CT molecular complexity index is 358. The summed E-state index contributed by atoms with van der Waals surface area (Å²) >= 11 is 6.04. The second kappa shape index (κ2) is 5.88. The second-order valence-electron chi connectivity index (χ2n) is 5.49. The summed E-state index contributed by atoms with van der Waals surface area (Å²) in [5, 5.41) is 4.42. The number of halogens is 1. The van der Waals surface area contributed by atoms with Crippen LogP contribution in [0.15, 0.2) is 24.3 Å². The quantitative estimate of drug-likeness (QED) is 0.809. The molecule has 1 atom stereocenters. The van der Waals surface area contributed by atoms with Gasteiger partial charge in [-0.2, -0.15) is 0 Å². The summed E-state index contributed by atoms with van der Waals surface area (Å²) in [7, 11) is 0. The van der Waals surface area contributed by atoms with Gasteiger partial charge in [-0.3, -0.25) is 0 Å². The van der Waals surface area contributed by atoms with Crippen molar-refractivity contribution in [3.63, 3.8) is 0 Å². The van der Waals surface area contributed by atoms with E-state index in [2.05, 4.69) is 37.4 Å². The van der Waals surface area contributed by atoms with E-state index in [4.69, 9.17) is 11.6 Å². The molecule has 2 rings (SSSR count). The van der Waals surface area contributed by atoms with Gasteiger partial charge in [-0.15, -0.1) is 0 Å². The average Bonchev–Trinajstić information content (AvgIpc) is 3.07. The number of nitrogens with one attached hydrogen (secondary N) is 1. The lowest BCUT2D eigenvalue weighted by atomic mass is 9.94. The molecule has 1 N–H and O–H groups in total. The van der Waals surface area contributed by atoms with Crippen LogP contribution in [0, 0.1) is 11.8 Å². The highest BCUT2D eigenvalue weighted by Gasteiger charge is 2.30. The molecule has 17 heavy (non-hydrogen) atoms. The van der Waals surface area contributed by atoms with Crippen molar-refractivity contribution in [1.82, 2.24) is 5.32 Å². The Morgan fingerprint density at radius 3 is 2.71 bits per heavy atom. The van der Waals surface area contributed by atoms with Gasteiger partial charge in [-0.1, -0.05) is 37.6 Å². The van der Waals surface area contributed by atoms with Crippen LogP contribution >= 0.6 is 11.6 Å². The molecule has 0 heterocycles. The van der Waals surface area contributed by atoms with Crippen LogP contribution in [0.4, 0.5) is 0 Å². The van der Waals surface area contributed by atoms with Gasteiger partial charge in [0.2, 0.25) is 0 Å². The summed E-state index contributed by atoms with van der Waals surface area (Å²) in [6, 6.07) is 8.87. The third-order valence-electron chi connectivity index (χ3n) is 3.46. The molecule has 0 bridgehead atoms. The van der Waals surface area contributed by atoms with Crippen LogP contribution in [0.25, 0.3) is 0 Å². The zero-order valence-electron chi connectivity index (χ0n) is 10.7. The lowest BCUT2D eigenvalue weighted by Crippen LogP contribution is -2.30. The molecule has 1 fully saturated rings. The van der Waals surface area contributed by atoms with E-state index < -0.39 is 0 Å². The van der Waals surface area contributed by atoms with Crippen LogP contribution in [0.1, 0.15) is 32.3 Å². The van der Waals surface area contributed by atoms with Crippen LogP contribution in [-0.2, 0) is 6.42 Å². The van der Waals surface area contributed by atoms with E-state index in [1.54, 1.807) is 0 Å². The summed E-state index contributed by atoms with van der Waals surface area (Å²) in [5.41, 5.74) is 1.37. The normalized spacial score (nSPS) is 17.4. The Balaban J connectivity index is 1.93. The van der Waals surface area contributed by atoms with Crippen molar-refractivity contribution < 1.29 is 0 Å². The van der Waals surface area contributed by atoms with E-state index in [-0.39, 0.29) is 0 Å². The second-order valence-corrected chi connectivity index (χ2v) is 5.93. The number of hydrogen-bond acceptors (Lipinski definition) is 1. The molecule has 1 aromatic carbocycles. The third-order valence-corrected chi connectivity index (χ3v) is 3.70. The van der Waals surface area contributed by atoms with E-state index in [1.807, 2.05) is 6.07 Å². The lowest BCUT2D eigenvalue weighted by molar-refractivity contribution is 0.405. The Hall–Kier alpha value is -0.530. The summed E-state index contributed by atoms with van der Waals surface area (Å²) in [6.45, 7) is 5.56. The summed E-state index contributed by atoms with van der Waals surface area (Å²) in [5.74, 6) is 1.70. The maximum atomic E-state index is 6.04. The Labute approximate surface area is 110 Å². The van der Waals surface area contributed by atoms with E-state index in [1.165, 1.54) is 18.4 Å². The molecule has 1 aromatic rings. The highest BCUT2D eigenvalue weighted by atomic mass is 35.5. The smallest absolute Gasteiger partial charge is 0.0408 e. The third kappa shape index (κ3) is 4.33. The fraction of sp³-hybridized carbons (Fsp3) is 0.600. The molecule has 1 nitrogen and oxygen atoms in total. The fourth-order valence-electron chi connectivity index (χ4n) is 2.33. The molecule has 1 aliphatic rings. The highest BCUT2D eigenvalue weighted by molar-refractivity contribution is 6.30. The molecular formula is C15H22ClN. The molecule has 0 spiro atoms. The fourth-order valence-corrected chi connectivity index (χ4v) is 2.54. The largest absolute Gasteiger partial charge is 0.314 e. The van der Waals surface area contributed by atoms with Crippen LogP contribution in [-0.4, -0.2) is 12.6 Å². The Morgan fingerprint density at radius 1 is 1.35 bits per heavy atom. The minimum absolute atomic E-state index is 0.579. The standard InChI is InChI=1S/C15H22ClN/c1-11(2)17-10-14(13-6-7-13)8-12-4-3-5-15(16)9-12/h3-5,9,11,13-14,17H,6-8,10H2,1-2H3. The first-order chi connectivity index (χ1) is 8.15. The van der Waals surface area contributed by atoms with Gasteiger partial charge in [0.05, 0.1) is 0 Å². The summed E-state index contributed by atoms with van der Waals surface area (Å²) in [4.78, 5) is 0. The maximum Gasteiger partial charge on any atom is 0.0408 e. The molecular weight excluding hydrogens is 230 g/mol. The molecule has 0 amide bonds. The van der Waals surface area contributed by atoms with Crippen LogP contribution in [0.3, 0.4) is 0 Å². The van der Waals surface area contributed by atoms with Crippen molar-refractivity contribution in [3.8, 4) is 0 Å². The van der Waals surface area contributed by atoms with Gasteiger partial charge in [-0.05, 0) is 55.3 Å². The molecule has 0 aromatic heterocycles. The van der Waals surface area contributed by atoms with Crippen molar-refractivity contribution >= 4 is 11.6 Å². The van der Waals surface area contributed by atoms with Crippen LogP contribution in [0.5, 0.6) is 0 Å². The van der Waals surface area contributed by atoms with Crippen molar-refractivity contribution in [1.29, 1.82) is 0 Å². The highest BCUT2D eigenvalue weighted by Crippen LogP contribution is 2.38. The zero-order valence-corrected chi connectivity index (χ0v) is 11.5. The monoisotopic (exact) mass is 251 g/mol. The molecule has 0 saturated heterocycles.